The summed E-state index contributed by atoms with van der Waals surface area (Å²) in [4.78, 5) is 0. The lowest BCUT2D eigenvalue weighted by Gasteiger charge is -2.19. The monoisotopic (exact) mass is 233 g/mol. The molecule has 1 nitrogen and oxygen atoms in total. The molecule has 0 aliphatic carbocycles. The highest BCUT2D eigenvalue weighted by molar-refractivity contribution is 5.23. The van der Waals surface area contributed by atoms with Crippen LogP contribution in [0.3, 0.4) is 0 Å². The predicted molar refractivity (Wildman–Crippen MR) is 76.2 cm³/mol. The molecule has 0 bridgehead atoms. The van der Waals surface area contributed by atoms with Crippen LogP contribution in [0.5, 0.6) is 0 Å². The van der Waals surface area contributed by atoms with Gasteiger partial charge in [-0.2, -0.15) is 0 Å². The van der Waals surface area contributed by atoms with Crippen molar-refractivity contribution in [3.8, 4) is 0 Å². The van der Waals surface area contributed by atoms with Gasteiger partial charge in [0.2, 0.25) is 0 Å². The molecule has 0 saturated carbocycles. The number of nitrogens with one attached hydrogen (secondary N) is 1. The molecule has 17 heavy (non-hydrogen) atoms. The Morgan fingerprint density at radius 1 is 1.00 bits per heavy atom. The summed E-state index contributed by atoms with van der Waals surface area (Å²) in [7, 11) is 0. The van der Waals surface area contributed by atoms with Crippen LogP contribution in [0, 0.1) is 18.8 Å². The number of benzene rings is 1. The van der Waals surface area contributed by atoms with Crippen molar-refractivity contribution < 1.29 is 0 Å². The van der Waals surface area contributed by atoms with Gasteiger partial charge in [-0.25, -0.2) is 0 Å². The first-order valence-electron chi connectivity index (χ1n) is 6.79. The van der Waals surface area contributed by atoms with Crippen LogP contribution in [0.4, 0.5) is 0 Å². The molecular weight excluding hydrogens is 206 g/mol. The van der Waals surface area contributed by atoms with Crippen molar-refractivity contribution in [2.45, 2.75) is 47.1 Å². The van der Waals surface area contributed by atoms with Gasteiger partial charge in [0.05, 0.1) is 0 Å². The van der Waals surface area contributed by atoms with Crippen molar-refractivity contribution in [1.82, 2.24) is 5.32 Å². The number of rotatable bonds is 6. The van der Waals surface area contributed by atoms with E-state index < -0.39 is 0 Å². The normalized spacial score (nSPS) is 14.9. The average Bonchev–Trinajstić information content (AvgIpc) is 2.26. The fourth-order valence-corrected chi connectivity index (χ4v) is 2.24. The Balaban J connectivity index is 2.39. The SMILES string of the molecule is Cc1ccc([C@H](C)NCC(C)CC(C)C)cc1. The van der Waals surface area contributed by atoms with Crippen LogP contribution in [0.1, 0.15) is 51.3 Å². The molecule has 0 saturated heterocycles. The summed E-state index contributed by atoms with van der Waals surface area (Å²) in [6, 6.07) is 9.27. The second-order valence-electron chi connectivity index (χ2n) is 5.78. The number of aryl methyl sites for hydroxylation is 1. The lowest BCUT2D eigenvalue weighted by molar-refractivity contribution is 0.396. The van der Waals surface area contributed by atoms with Gasteiger partial charge in [0.1, 0.15) is 0 Å². The zero-order chi connectivity index (χ0) is 12.8. The predicted octanol–water partition coefficient (Wildman–Crippen LogP) is 4.33. The van der Waals surface area contributed by atoms with Gasteiger partial charge < -0.3 is 5.32 Å². The molecule has 1 heteroatoms. The van der Waals surface area contributed by atoms with E-state index in [9.17, 15) is 0 Å². The van der Waals surface area contributed by atoms with Gasteiger partial charge in [-0.3, -0.25) is 0 Å². The van der Waals surface area contributed by atoms with E-state index >= 15 is 0 Å². The average molecular weight is 233 g/mol. The van der Waals surface area contributed by atoms with Crippen molar-refractivity contribution in [2.75, 3.05) is 6.54 Å². The quantitative estimate of drug-likeness (QED) is 0.771. The molecule has 1 rings (SSSR count). The maximum atomic E-state index is 3.62. The number of hydrogen-bond acceptors (Lipinski definition) is 1. The van der Waals surface area contributed by atoms with Crippen molar-refractivity contribution in [2.24, 2.45) is 11.8 Å². The van der Waals surface area contributed by atoms with E-state index in [1.807, 2.05) is 0 Å². The first-order chi connectivity index (χ1) is 7.99. The minimum Gasteiger partial charge on any atom is -0.310 e. The van der Waals surface area contributed by atoms with Crippen LogP contribution in [0.2, 0.25) is 0 Å². The highest BCUT2D eigenvalue weighted by atomic mass is 14.9. The molecule has 0 amide bonds. The maximum absolute atomic E-state index is 3.62. The first kappa shape index (κ1) is 14.2. The summed E-state index contributed by atoms with van der Waals surface area (Å²) in [5.74, 6) is 1.55. The highest BCUT2D eigenvalue weighted by Crippen LogP contribution is 2.15. The van der Waals surface area contributed by atoms with Crippen LogP contribution >= 0.6 is 0 Å². The van der Waals surface area contributed by atoms with Gasteiger partial charge in [0, 0.05) is 6.04 Å². The Labute approximate surface area is 107 Å². The minimum absolute atomic E-state index is 0.449. The molecule has 0 radical (unpaired) electrons. The van der Waals surface area contributed by atoms with Crippen molar-refractivity contribution in [3.63, 3.8) is 0 Å². The van der Waals surface area contributed by atoms with Crippen LogP contribution in [-0.2, 0) is 0 Å². The summed E-state index contributed by atoms with van der Waals surface area (Å²) in [6.07, 6.45) is 1.30. The fraction of sp³-hybridized carbons (Fsp3) is 0.625. The molecule has 96 valence electrons. The molecule has 0 aliphatic heterocycles. The first-order valence-corrected chi connectivity index (χ1v) is 6.79. The van der Waals surface area contributed by atoms with E-state index in [2.05, 4.69) is 64.2 Å². The van der Waals surface area contributed by atoms with E-state index in [-0.39, 0.29) is 0 Å². The molecule has 1 unspecified atom stereocenters. The van der Waals surface area contributed by atoms with Crippen LogP contribution in [0.25, 0.3) is 0 Å². The van der Waals surface area contributed by atoms with Crippen molar-refractivity contribution in [1.29, 1.82) is 0 Å². The van der Waals surface area contributed by atoms with Gasteiger partial charge in [-0.1, -0.05) is 50.6 Å². The van der Waals surface area contributed by atoms with Crippen LogP contribution < -0.4 is 5.32 Å². The Bertz CT molecular complexity index is 313. The summed E-state index contributed by atoms with van der Waals surface area (Å²) in [5, 5.41) is 3.62. The van der Waals surface area contributed by atoms with Gasteiger partial charge in [0.25, 0.3) is 0 Å². The van der Waals surface area contributed by atoms with E-state index in [0.29, 0.717) is 6.04 Å². The van der Waals surface area contributed by atoms with Gasteiger partial charge in [-0.15, -0.1) is 0 Å². The lowest BCUT2D eigenvalue weighted by Crippen LogP contribution is -2.25. The van der Waals surface area contributed by atoms with Gasteiger partial charge in [0.15, 0.2) is 0 Å². The third kappa shape index (κ3) is 5.36. The molecule has 0 fully saturated rings. The van der Waals surface area contributed by atoms with E-state index in [1.165, 1.54) is 17.5 Å². The van der Waals surface area contributed by atoms with Gasteiger partial charge >= 0.3 is 0 Å². The maximum Gasteiger partial charge on any atom is 0.0291 e. The Hall–Kier alpha value is -0.820. The van der Waals surface area contributed by atoms with E-state index in [0.717, 1.165) is 18.4 Å². The Morgan fingerprint density at radius 2 is 1.59 bits per heavy atom. The molecule has 1 aromatic rings. The summed E-state index contributed by atoms with van der Waals surface area (Å²) in [5.41, 5.74) is 2.71. The zero-order valence-electron chi connectivity index (χ0n) is 12.0. The van der Waals surface area contributed by atoms with Crippen molar-refractivity contribution >= 4 is 0 Å². The molecule has 0 heterocycles. The Morgan fingerprint density at radius 3 is 2.12 bits per heavy atom. The summed E-state index contributed by atoms with van der Waals surface area (Å²) in [6.45, 7) is 12.4. The third-order valence-electron chi connectivity index (χ3n) is 3.22. The third-order valence-corrected chi connectivity index (χ3v) is 3.22. The van der Waals surface area contributed by atoms with E-state index in [1.54, 1.807) is 0 Å². The standard InChI is InChI=1S/C16H27N/c1-12(2)10-14(4)11-17-15(5)16-8-6-13(3)7-9-16/h6-9,12,14-15,17H,10-11H2,1-5H3/t14?,15-/m0/s1. The van der Waals surface area contributed by atoms with Crippen molar-refractivity contribution in [3.05, 3.63) is 35.4 Å². The second kappa shape index (κ2) is 6.80. The van der Waals surface area contributed by atoms with Crippen LogP contribution in [-0.4, -0.2) is 6.54 Å². The smallest absolute Gasteiger partial charge is 0.0291 e. The topological polar surface area (TPSA) is 12.0 Å². The minimum atomic E-state index is 0.449. The fourth-order valence-electron chi connectivity index (χ4n) is 2.24. The molecule has 2 atom stereocenters. The largest absolute Gasteiger partial charge is 0.310 e. The second-order valence-corrected chi connectivity index (χ2v) is 5.78. The summed E-state index contributed by atoms with van der Waals surface area (Å²) < 4.78 is 0. The number of hydrogen-bond donors (Lipinski definition) is 1. The zero-order valence-corrected chi connectivity index (χ0v) is 12.0. The molecule has 1 N–H and O–H groups in total. The molecule has 0 aliphatic rings. The molecule has 0 aromatic heterocycles. The summed E-state index contributed by atoms with van der Waals surface area (Å²) >= 11 is 0. The van der Waals surface area contributed by atoms with Crippen LogP contribution in [0.15, 0.2) is 24.3 Å². The molecular formula is C16H27N. The molecule has 0 spiro atoms. The van der Waals surface area contributed by atoms with Gasteiger partial charge in [-0.05, 0) is 44.2 Å². The lowest BCUT2D eigenvalue weighted by atomic mass is 9.98. The Kier molecular flexibility index (Phi) is 5.70. The highest BCUT2D eigenvalue weighted by Gasteiger charge is 2.08. The molecule has 1 aromatic carbocycles. The van der Waals surface area contributed by atoms with E-state index in [4.69, 9.17) is 0 Å².